The number of hydrogen-bond acceptors (Lipinski definition) is 4. The lowest BCUT2D eigenvalue weighted by Gasteiger charge is -2.27. The summed E-state index contributed by atoms with van der Waals surface area (Å²) in [5.41, 5.74) is 1.10. The molecule has 0 N–H and O–H groups in total. The first kappa shape index (κ1) is 11.7. The van der Waals surface area contributed by atoms with Gasteiger partial charge in [0, 0.05) is 24.9 Å². The summed E-state index contributed by atoms with van der Waals surface area (Å²) in [4.78, 5) is 11.2. The lowest BCUT2D eigenvalue weighted by atomic mass is 10.1. The summed E-state index contributed by atoms with van der Waals surface area (Å²) >= 11 is 0. The number of anilines is 1. The second-order valence-electron chi connectivity index (χ2n) is 5.20. The largest absolute Gasteiger partial charge is 0.372 e. The van der Waals surface area contributed by atoms with Gasteiger partial charge in [-0.25, -0.2) is 9.97 Å². The molecule has 1 saturated carbocycles. The van der Waals surface area contributed by atoms with Crippen LogP contribution in [0.5, 0.6) is 0 Å². The van der Waals surface area contributed by atoms with Crippen molar-refractivity contribution in [2.45, 2.75) is 31.9 Å². The summed E-state index contributed by atoms with van der Waals surface area (Å²) in [5.74, 6) is 1.47. The van der Waals surface area contributed by atoms with Crippen molar-refractivity contribution in [3.05, 3.63) is 30.6 Å². The van der Waals surface area contributed by atoms with Crippen molar-refractivity contribution in [3.63, 3.8) is 0 Å². The lowest BCUT2D eigenvalue weighted by Crippen LogP contribution is -2.36. The Bertz CT molecular complexity index is 431. The molecule has 3 atom stereocenters. The lowest BCUT2D eigenvalue weighted by molar-refractivity contribution is 0.0589. The second kappa shape index (κ2) is 4.69. The van der Waals surface area contributed by atoms with Crippen LogP contribution in [0.2, 0.25) is 0 Å². The highest BCUT2D eigenvalue weighted by atomic mass is 16.5. The van der Waals surface area contributed by atoms with E-state index in [1.54, 1.807) is 0 Å². The van der Waals surface area contributed by atoms with E-state index >= 15 is 0 Å². The number of fused-ring (bicyclic) bond motifs is 2. The Kier molecular flexibility index (Phi) is 3.04. The van der Waals surface area contributed by atoms with Gasteiger partial charge in [-0.1, -0.05) is 6.08 Å². The molecule has 0 unspecified atom stereocenters. The van der Waals surface area contributed by atoms with Crippen molar-refractivity contribution in [1.82, 2.24) is 9.97 Å². The van der Waals surface area contributed by atoms with Gasteiger partial charge in [0.2, 0.25) is 5.95 Å². The first-order valence-corrected chi connectivity index (χ1v) is 6.57. The van der Waals surface area contributed by atoms with Gasteiger partial charge in [0.15, 0.2) is 0 Å². The number of aromatic nitrogens is 2. The monoisotopic (exact) mass is 245 g/mol. The summed E-state index contributed by atoms with van der Waals surface area (Å²) in [5, 5.41) is 0. The van der Waals surface area contributed by atoms with Crippen molar-refractivity contribution in [2.24, 2.45) is 5.92 Å². The van der Waals surface area contributed by atoms with Crippen LogP contribution in [-0.2, 0) is 4.74 Å². The predicted molar refractivity (Wildman–Crippen MR) is 70.6 cm³/mol. The zero-order valence-electron chi connectivity index (χ0n) is 10.7. The third kappa shape index (κ3) is 1.90. The van der Waals surface area contributed by atoms with E-state index < -0.39 is 0 Å². The number of nitrogens with zero attached hydrogens (tertiary/aromatic N) is 3. The van der Waals surface area contributed by atoms with E-state index in [1.807, 2.05) is 25.4 Å². The van der Waals surface area contributed by atoms with Crippen LogP contribution in [0, 0.1) is 12.8 Å². The van der Waals surface area contributed by atoms with Gasteiger partial charge in [-0.2, -0.15) is 0 Å². The number of rotatable bonds is 4. The van der Waals surface area contributed by atoms with E-state index in [0.29, 0.717) is 24.7 Å². The molecule has 3 rings (SSSR count). The highest BCUT2D eigenvalue weighted by molar-refractivity contribution is 5.37. The fourth-order valence-electron chi connectivity index (χ4n) is 3.13. The number of hydrogen-bond donors (Lipinski definition) is 0. The van der Waals surface area contributed by atoms with Gasteiger partial charge in [0.25, 0.3) is 0 Å². The van der Waals surface area contributed by atoms with Crippen molar-refractivity contribution in [2.75, 3.05) is 18.1 Å². The Labute approximate surface area is 108 Å². The normalized spacial score (nSPS) is 29.8. The SMILES string of the molecule is C=CCO[C@@H]1[C@H]2CC[C@H]1N(c1ncc(C)cn1)C2. The van der Waals surface area contributed by atoms with E-state index in [-0.39, 0.29) is 0 Å². The molecule has 0 amide bonds. The van der Waals surface area contributed by atoms with Crippen LogP contribution in [0.3, 0.4) is 0 Å². The van der Waals surface area contributed by atoms with Gasteiger partial charge in [-0.05, 0) is 25.3 Å². The minimum atomic E-state index is 0.327. The molecule has 18 heavy (non-hydrogen) atoms. The van der Waals surface area contributed by atoms with Crippen molar-refractivity contribution < 1.29 is 4.74 Å². The maximum Gasteiger partial charge on any atom is 0.225 e. The molecular formula is C14H19N3O. The van der Waals surface area contributed by atoms with Crippen LogP contribution in [0.1, 0.15) is 18.4 Å². The predicted octanol–water partition coefficient (Wildman–Crippen LogP) is 1.95. The van der Waals surface area contributed by atoms with E-state index in [2.05, 4.69) is 21.4 Å². The second-order valence-corrected chi connectivity index (χ2v) is 5.20. The van der Waals surface area contributed by atoms with Gasteiger partial charge < -0.3 is 9.64 Å². The third-order valence-electron chi connectivity index (χ3n) is 3.94. The fraction of sp³-hybridized carbons (Fsp3) is 0.571. The molecule has 1 aliphatic heterocycles. The van der Waals surface area contributed by atoms with E-state index in [0.717, 1.165) is 18.1 Å². The Hall–Kier alpha value is -1.42. The molecule has 0 spiro atoms. The van der Waals surface area contributed by atoms with Crippen molar-refractivity contribution >= 4 is 5.95 Å². The smallest absolute Gasteiger partial charge is 0.225 e. The Morgan fingerprint density at radius 3 is 2.94 bits per heavy atom. The Balaban J connectivity index is 1.76. The zero-order chi connectivity index (χ0) is 12.5. The molecule has 1 aromatic rings. The van der Waals surface area contributed by atoms with E-state index in [9.17, 15) is 0 Å². The zero-order valence-corrected chi connectivity index (χ0v) is 10.7. The minimum absolute atomic E-state index is 0.327. The average Bonchev–Trinajstić information content (AvgIpc) is 2.94. The van der Waals surface area contributed by atoms with Gasteiger partial charge >= 0.3 is 0 Å². The summed E-state index contributed by atoms with van der Waals surface area (Å²) < 4.78 is 5.90. The molecule has 2 bridgehead atoms. The molecule has 0 aromatic carbocycles. The highest BCUT2D eigenvalue weighted by Crippen LogP contribution is 2.41. The van der Waals surface area contributed by atoms with E-state index in [1.165, 1.54) is 12.8 Å². The Morgan fingerprint density at radius 2 is 2.22 bits per heavy atom. The quantitative estimate of drug-likeness (QED) is 0.760. The van der Waals surface area contributed by atoms with Crippen LogP contribution >= 0.6 is 0 Å². The van der Waals surface area contributed by atoms with Crippen LogP contribution in [0.25, 0.3) is 0 Å². The maximum absolute atomic E-state index is 5.90. The molecule has 0 radical (unpaired) electrons. The van der Waals surface area contributed by atoms with Crippen molar-refractivity contribution in [1.29, 1.82) is 0 Å². The number of aryl methyl sites for hydroxylation is 1. The summed E-state index contributed by atoms with van der Waals surface area (Å²) in [6, 6.07) is 0.442. The summed E-state index contributed by atoms with van der Waals surface area (Å²) in [6.45, 7) is 7.39. The summed E-state index contributed by atoms with van der Waals surface area (Å²) in [6.07, 6.45) is 8.36. The first-order valence-electron chi connectivity index (χ1n) is 6.57. The van der Waals surface area contributed by atoms with Gasteiger partial charge in [0.1, 0.15) is 0 Å². The van der Waals surface area contributed by atoms with E-state index in [4.69, 9.17) is 4.74 Å². The van der Waals surface area contributed by atoms with Crippen LogP contribution in [-0.4, -0.2) is 35.3 Å². The molecule has 96 valence electrons. The van der Waals surface area contributed by atoms with Crippen LogP contribution in [0.4, 0.5) is 5.95 Å². The standard InChI is InChI=1S/C14H19N3O/c1-3-6-18-13-11-4-5-12(13)17(9-11)14-15-7-10(2)8-16-14/h3,7-8,11-13H,1,4-6,9H2,2H3/t11-,12+,13+/m0/s1. The van der Waals surface area contributed by atoms with Crippen LogP contribution in [0.15, 0.2) is 25.0 Å². The topological polar surface area (TPSA) is 38.2 Å². The molecule has 1 saturated heterocycles. The highest BCUT2D eigenvalue weighted by Gasteiger charge is 2.48. The molecule has 4 nitrogen and oxygen atoms in total. The molecule has 4 heteroatoms. The summed E-state index contributed by atoms with van der Waals surface area (Å²) in [7, 11) is 0. The average molecular weight is 245 g/mol. The number of ether oxygens (including phenoxy) is 1. The molecule has 2 fully saturated rings. The Morgan fingerprint density at radius 1 is 1.44 bits per heavy atom. The molecule has 2 heterocycles. The fourth-order valence-corrected chi connectivity index (χ4v) is 3.13. The molecule has 1 aromatic heterocycles. The number of piperidine rings is 1. The molecular weight excluding hydrogens is 226 g/mol. The van der Waals surface area contributed by atoms with Gasteiger partial charge in [-0.3, -0.25) is 0 Å². The molecule has 2 aliphatic rings. The van der Waals surface area contributed by atoms with Crippen LogP contribution < -0.4 is 4.90 Å². The van der Waals surface area contributed by atoms with Crippen molar-refractivity contribution in [3.8, 4) is 0 Å². The van der Waals surface area contributed by atoms with Gasteiger partial charge in [0.05, 0.1) is 18.8 Å². The first-order chi connectivity index (χ1) is 8.79. The maximum atomic E-state index is 5.90. The minimum Gasteiger partial charge on any atom is -0.372 e. The third-order valence-corrected chi connectivity index (χ3v) is 3.94. The molecule has 1 aliphatic carbocycles. The van der Waals surface area contributed by atoms with Gasteiger partial charge in [-0.15, -0.1) is 6.58 Å².